The number of nitrogens with one attached hydrogen (secondary N) is 1. The Kier molecular flexibility index (Phi) is 5.63. The maximum absolute atomic E-state index is 12.9. The molecule has 0 bridgehead atoms. The van der Waals surface area contributed by atoms with E-state index in [-0.39, 0.29) is 6.03 Å². The van der Waals surface area contributed by atoms with Crippen LogP contribution in [0.25, 0.3) is 5.69 Å². The highest BCUT2D eigenvalue weighted by Gasteiger charge is 2.24. The Balaban J connectivity index is 1.75. The number of rotatable bonds is 5. The van der Waals surface area contributed by atoms with Gasteiger partial charge >= 0.3 is 6.03 Å². The number of aromatic nitrogens is 4. The molecule has 0 saturated heterocycles. The van der Waals surface area contributed by atoms with Gasteiger partial charge in [0, 0.05) is 18.3 Å². The number of urea groups is 1. The monoisotopic (exact) mass is 342 g/mol. The van der Waals surface area contributed by atoms with Crippen molar-refractivity contribution < 1.29 is 4.79 Å². The Hall–Kier alpha value is -2.44. The predicted octanol–water partition coefficient (Wildman–Crippen LogP) is 3.55. The molecule has 1 aliphatic rings. The van der Waals surface area contributed by atoms with Crippen LogP contribution in [0.4, 0.5) is 10.5 Å². The minimum atomic E-state index is -0.0136. The smallest absolute Gasteiger partial charge is 0.322 e. The van der Waals surface area contributed by atoms with Gasteiger partial charge in [0.05, 0.1) is 5.69 Å². The third kappa shape index (κ3) is 4.15. The van der Waals surface area contributed by atoms with E-state index >= 15 is 0 Å². The van der Waals surface area contributed by atoms with E-state index in [1.54, 1.807) is 11.0 Å². The molecule has 2 amide bonds. The molecule has 1 fully saturated rings. The molecule has 0 unspecified atom stereocenters. The lowest BCUT2D eigenvalue weighted by atomic mass is 9.94. The minimum absolute atomic E-state index is 0.0136. The molecular weight excluding hydrogens is 316 g/mol. The molecule has 1 aromatic carbocycles. The molecule has 2 aromatic rings. The highest BCUT2D eigenvalue weighted by molar-refractivity contribution is 5.90. The largest absolute Gasteiger partial charge is 0.322 e. The summed E-state index contributed by atoms with van der Waals surface area (Å²) < 4.78 is 1.61. The topological polar surface area (TPSA) is 75.9 Å². The van der Waals surface area contributed by atoms with Crippen LogP contribution in [-0.2, 0) is 0 Å². The Labute approximate surface area is 148 Å². The van der Waals surface area contributed by atoms with Gasteiger partial charge in [0.25, 0.3) is 0 Å². The maximum Gasteiger partial charge on any atom is 0.322 e. The zero-order valence-electron chi connectivity index (χ0n) is 15.0. The molecule has 1 saturated carbocycles. The van der Waals surface area contributed by atoms with E-state index in [0.29, 0.717) is 6.04 Å². The van der Waals surface area contributed by atoms with Gasteiger partial charge in [-0.2, -0.15) is 0 Å². The highest BCUT2D eigenvalue weighted by atomic mass is 16.2. The average Bonchev–Trinajstić information content (AvgIpc) is 3.16. The number of benzene rings is 1. The number of carbonyl (C=O) groups excluding carboxylic acids is 1. The first kappa shape index (κ1) is 17.4. The lowest BCUT2D eigenvalue weighted by molar-refractivity contribution is 0.167. The van der Waals surface area contributed by atoms with E-state index in [1.165, 1.54) is 19.3 Å². The fourth-order valence-corrected chi connectivity index (χ4v) is 3.48. The molecule has 1 aliphatic carbocycles. The second-order valence-electron chi connectivity index (χ2n) is 6.67. The first-order chi connectivity index (χ1) is 12.2. The van der Waals surface area contributed by atoms with Crippen LogP contribution in [0.1, 0.15) is 51.0 Å². The predicted molar refractivity (Wildman–Crippen MR) is 96.8 cm³/mol. The average molecular weight is 342 g/mol. The summed E-state index contributed by atoms with van der Waals surface area (Å²) in [5, 5.41) is 14.4. The molecule has 0 radical (unpaired) electrons. The number of hydrogen-bond donors (Lipinski definition) is 1. The van der Waals surface area contributed by atoms with Crippen LogP contribution in [0.2, 0.25) is 0 Å². The molecule has 134 valence electrons. The second kappa shape index (κ2) is 8.09. The number of tetrazole rings is 1. The Bertz CT molecular complexity index is 694. The number of carbonyl (C=O) groups is 1. The van der Waals surface area contributed by atoms with Crippen molar-refractivity contribution in [3.63, 3.8) is 0 Å². The summed E-state index contributed by atoms with van der Waals surface area (Å²) in [6.45, 7) is 4.90. The zero-order valence-corrected chi connectivity index (χ0v) is 15.0. The van der Waals surface area contributed by atoms with Crippen molar-refractivity contribution in [3.8, 4) is 5.69 Å². The van der Waals surface area contributed by atoms with Crippen molar-refractivity contribution >= 4 is 11.7 Å². The van der Waals surface area contributed by atoms with Gasteiger partial charge in [-0.25, -0.2) is 9.48 Å². The van der Waals surface area contributed by atoms with E-state index in [0.717, 1.165) is 42.7 Å². The molecule has 0 aliphatic heterocycles. The van der Waals surface area contributed by atoms with Crippen LogP contribution in [0, 0.1) is 6.92 Å². The number of anilines is 1. The molecular formula is C18H26N6O. The number of hydrogen-bond acceptors (Lipinski definition) is 4. The van der Waals surface area contributed by atoms with Gasteiger partial charge in [-0.05, 0) is 54.3 Å². The number of amides is 2. The van der Waals surface area contributed by atoms with Crippen LogP contribution in [0.3, 0.4) is 0 Å². The lowest BCUT2D eigenvalue weighted by Crippen LogP contribution is -2.44. The highest BCUT2D eigenvalue weighted by Crippen LogP contribution is 2.24. The normalized spacial score (nSPS) is 15.1. The van der Waals surface area contributed by atoms with Crippen LogP contribution < -0.4 is 5.32 Å². The minimum Gasteiger partial charge on any atom is -0.322 e. The molecule has 0 spiro atoms. The van der Waals surface area contributed by atoms with Gasteiger partial charge in [-0.15, -0.1) is 5.10 Å². The van der Waals surface area contributed by atoms with E-state index in [2.05, 4.69) is 27.8 Å². The standard InChI is InChI=1S/C18H26N6O/c1-3-11-23(16-7-5-4-6-8-16)18(25)20-15-10-9-14(2)17(12-15)24-13-19-21-22-24/h9-10,12-13,16H,3-8,11H2,1-2H3,(H,20,25). The van der Waals surface area contributed by atoms with Crippen LogP contribution in [0.15, 0.2) is 24.5 Å². The van der Waals surface area contributed by atoms with Crippen LogP contribution >= 0.6 is 0 Å². The second-order valence-corrected chi connectivity index (χ2v) is 6.67. The summed E-state index contributed by atoms with van der Waals surface area (Å²) in [4.78, 5) is 14.9. The third-order valence-corrected chi connectivity index (χ3v) is 4.80. The van der Waals surface area contributed by atoms with Crippen molar-refractivity contribution in [2.45, 2.75) is 58.4 Å². The number of aryl methyl sites for hydroxylation is 1. The first-order valence-electron chi connectivity index (χ1n) is 9.10. The van der Waals surface area contributed by atoms with Gasteiger partial charge in [-0.1, -0.05) is 32.3 Å². The van der Waals surface area contributed by atoms with Gasteiger partial charge in [0.2, 0.25) is 0 Å². The maximum atomic E-state index is 12.9. The molecule has 1 N–H and O–H groups in total. The fraction of sp³-hybridized carbons (Fsp3) is 0.556. The van der Waals surface area contributed by atoms with E-state index in [4.69, 9.17) is 0 Å². The van der Waals surface area contributed by atoms with Crippen molar-refractivity contribution in [3.05, 3.63) is 30.1 Å². The first-order valence-corrected chi connectivity index (χ1v) is 9.10. The summed E-state index contributed by atoms with van der Waals surface area (Å²) in [6, 6.07) is 6.15. The fourth-order valence-electron chi connectivity index (χ4n) is 3.48. The molecule has 7 heteroatoms. The van der Waals surface area contributed by atoms with Gasteiger partial charge in [0.1, 0.15) is 6.33 Å². The van der Waals surface area contributed by atoms with Crippen LogP contribution in [0.5, 0.6) is 0 Å². The Morgan fingerprint density at radius 1 is 1.32 bits per heavy atom. The van der Waals surface area contributed by atoms with E-state index in [1.807, 2.05) is 30.0 Å². The van der Waals surface area contributed by atoms with E-state index in [9.17, 15) is 4.79 Å². The molecule has 25 heavy (non-hydrogen) atoms. The van der Waals surface area contributed by atoms with Crippen molar-refractivity contribution in [1.29, 1.82) is 0 Å². The van der Waals surface area contributed by atoms with Gasteiger partial charge in [0.15, 0.2) is 0 Å². The lowest BCUT2D eigenvalue weighted by Gasteiger charge is -2.34. The molecule has 3 rings (SSSR count). The van der Waals surface area contributed by atoms with Crippen molar-refractivity contribution in [1.82, 2.24) is 25.1 Å². The Morgan fingerprint density at radius 2 is 2.12 bits per heavy atom. The van der Waals surface area contributed by atoms with Crippen LogP contribution in [-0.4, -0.2) is 43.7 Å². The Morgan fingerprint density at radius 3 is 2.80 bits per heavy atom. The van der Waals surface area contributed by atoms with Crippen molar-refractivity contribution in [2.24, 2.45) is 0 Å². The third-order valence-electron chi connectivity index (χ3n) is 4.80. The molecule has 0 atom stereocenters. The van der Waals surface area contributed by atoms with Gasteiger partial charge < -0.3 is 10.2 Å². The summed E-state index contributed by atoms with van der Waals surface area (Å²) in [5.41, 5.74) is 2.67. The summed E-state index contributed by atoms with van der Waals surface area (Å²) in [6.07, 6.45) is 8.45. The molecule has 7 nitrogen and oxygen atoms in total. The van der Waals surface area contributed by atoms with Gasteiger partial charge in [-0.3, -0.25) is 0 Å². The number of nitrogens with zero attached hydrogens (tertiary/aromatic N) is 5. The summed E-state index contributed by atoms with van der Waals surface area (Å²) in [5.74, 6) is 0. The quantitative estimate of drug-likeness (QED) is 0.901. The summed E-state index contributed by atoms with van der Waals surface area (Å²) in [7, 11) is 0. The SMILES string of the molecule is CCCN(C(=O)Nc1ccc(C)c(-n2cnnn2)c1)C1CCCCC1. The van der Waals surface area contributed by atoms with E-state index < -0.39 is 0 Å². The zero-order chi connectivity index (χ0) is 17.6. The molecule has 1 heterocycles. The molecule has 1 aromatic heterocycles. The van der Waals surface area contributed by atoms with Crippen molar-refractivity contribution in [2.75, 3.05) is 11.9 Å². The summed E-state index contributed by atoms with van der Waals surface area (Å²) >= 11 is 0.